The third-order valence-electron chi connectivity index (χ3n) is 2.66. The van der Waals surface area contributed by atoms with Crippen molar-refractivity contribution in [2.75, 3.05) is 11.3 Å². The van der Waals surface area contributed by atoms with E-state index in [-0.39, 0.29) is 18.8 Å². The van der Waals surface area contributed by atoms with Crippen LogP contribution in [-0.4, -0.2) is 29.9 Å². The number of nitrogens with zero attached hydrogens (tertiary/aromatic N) is 2. The third-order valence-corrected chi connectivity index (χ3v) is 4.11. The zero-order chi connectivity index (χ0) is 15.5. The molecule has 9 heteroatoms. The van der Waals surface area contributed by atoms with Crippen molar-refractivity contribution in [3.63, 3.8) is 0 Å². The molecule has 0 saturated carbocycles. The summed E-state index contributed by atoms with van der Waals surface area (Å²) in [6.07, 6.45) is -0.299. The molecular formula is C12H13F2N3O3S. The van der Waals surface area contributed by atoms with E-state index >= 15 is 0 Å². The maximum absolute atomic E-state index is 12.9. The molecule has 0 unspecified atom stereocenters. The summed E-state index contributed by atoms with van der Waals surface area (Å²) in [5, 5.41) is 12.6. The Balaban J connectivity index is 2.30. The molecule has 6 nitrogen and oxygen atoms in total. The number of halogens is 2. The Morgan fingerprint density at radius 2 is 2.05 bits per heavy atom. The summed E-state index contributed by atoms with van der Waals surface area (Å²) < 4.78 is 53.6. The van der Waals surface area contributed by atoms with Crippen molar-refractivity contribution in [1.29, 1.82) is 0 Å². The fraction of sp³-hybridized carbons (Fsp3) is 0.250. The summed E-state index contributed by atoms with van der Waals surface area (Å²) in [6, 6.07) is 4.89. The first-order valence-corrected chi connectivity index (χ1v) is 7.45. The summed E-state index contributed by atoms with van der Waals surface area (Å²) in [7, 11) is -4.14. The molecule has 1 aromatic carbocycles. The molecular weight excluding hydrogens is 304 g/mol. The van der Waals surface area contributed by atoms with Gasteiger partial charge in [0.05, 0.1) is 29.9 Å². The van der Waals surface area contributed by atoms with Crippen LogP contribution in [0.2, 0.25) is 0 Å². The predicted molar refractivity (Wildman–Crippen MR) is 71.5 cm³/mol. The molecule has 2 rings (SSSR count). The lowest BCUT2D eigenvalue weighted by atomic mass is 10.2. The second-order valence-electron chi connectivity index (χ2n) is 4.16. The van der Waals surface area contributed by atoms with Crippen LogP contribution in [0.1, 0.15) is 12.0 Å². The third kappa shape index (κ3) is 3.56. The zero-order valence-electron chi connectivity index (χ0n) is 10.8. The van der Waals surface area contributed by atoms with Crippen molar-refractivity contribution < 1.29 is 22.3 Å². The lowest BCUT2D eigenvalue weighted by molar-refractivity contribution is 0.148. The normalized spacial score (nSPS) is 11.8. The van der Waals surface area contributed by atoms with Gasteiger partial charge in [-0.25, -0.2) is 17.2 Å². The number of aliphatic hydroxyl groups is 1. The van der Waals surface area contributed by atoms with Gasteiger partial charge >= 0.3 is 0 Å². The van der Waals surface area contributed by atoms with E-state index in [1.807, 2.05) is 0 Å². The van der Waals surface area contributed by atoms with E-state index in [0.29, 0.717) is 0 Å². The number of aliphatic hydroxyl groups excluding tert-OH is 1. The molecule has 0 aliphatic rings. The van der Waals surface area contributed by atoms with E-state index in [1.165, 1.54) is 29.2 Å². The van der Waals surface area contributed by atoms with E-state index < -0.39 is 26.9 Å². The molecule has 1 aromatic heterocycles. The van der Waals surface area contributed by atoms with Crippen molar-refractivity contribution >= 4 is 15.7 Å². The molecule has 0 aliphatic heterocycles. The first kappa shape index (κ1) is 15.4. The van der Waals surface area contributed by atoms with E-state index in [4.69, 9.17) is 5.11 Å². The number of hydrogen-bond acceptors (Lipinski definition) is 4. The van der Waals surface area contributed by atoms with Gasteiger partial charge in [0, 0.05) is 11.8 Å². The molecule has 0 amide bonds. The summed E-state index contributed by atoms with van der Waals surface area (Å²) in [5.74, 6) is 0. The number of aromatic nitrogens is 2. The molecule has 0 aliphatic carbocycles. The van der Waals surface area contributed by atoms with Crippen LogP contribution in [0, 0.1) is 0 Å². The van der Waals surface area contributed by atoms with Gasteiger partial charge in [0.2, 0.25) is 0 Å². The molecule has 0 saturated heterocycles. The van der Waals surface area contributed by atoms with Crippen LogP contribution in [0.3, 0.4) is 0 Å². The van der Waals surface area contributed by atoms with Crippen LogP contribution in [0.25, 0.3) is 0 Å². The van der Waals surface area contributed by atoms with Gasteiger partial charge < -0.3 is 5.11 Å². The molecule has 21 heavy (non-hydrogen) atoms. The fourth-order valence-electron chi connectivity index (χ4n) is 1.76. The highest BCUT2D eigenvalue weighted by Gasteiger charge is 2.23. The minimum Gasteiger partial charge on any atom is -0.394 e. The van der Waals surface area contributed by atoms with Crippen molar-refractivity contribution in [1.82, 2.24) is 9.78 Å². The van der Waals surface area contributed by atoms with Crippen LogP contribution < -0.4 is 4.72 Å². The Labute approximate surface area is 120 Å². The lowest BCUT2D eigenvalue weighted by Crippen LogP contribution is -2.15. The van der Waals surface area contributed by atoms with Crippen molar-refractivity contribution in [3.8, 4) is 0 Å². The van der Waals surface area contributed by atoms with Crippen LogP contribution in [0.15, 0.2) is 41.6 Å². The second-order valence-corrected chi connectivity index (χ2v) is 5.81. The molecule has 0 fully saturated rings. The van der Waals surface area contributed by atoms with E-state index in [9.17, 15) is 17.2 Å². The van der Waals surface area contributed by atoms with E-state index in [1.54, 1.807) is 0 Å². The van der Waals surface area contributed by atoms with Gasteiger partial charge in [0.1, 0.15) is 0 Å². The average Bonchev–Trinajstić information content (AvgIpc) is 2.86. The smallest absolute Gasteiger partial charge is 0.265 e. The molecule has 0 bridgehead atoms. The molecule has 1 heterocycles. The monoisotopic (exact) mass is 317 g/mol. The highest BCUT2D eigenvalue weighted by atomic mass is 32.2. The largest absolute Gasteiger partial charge is 0.394 e. The van der Waals surface area contributed by atoms with E-state index in [0.717, 1.165) is 12.1 Å². The minimum absolute atomic E-state index is 0.132. The van der Waals surface area contributed by atoms with Crippen molar-refractivity contribution in [2.24, 2.45) is 0 Å². The van der Waals surface area contributed by atoms with Gasteiger partial charge in [-0.3, -0.25) is 9.40 Å². The van der Waals surface area contributed by atoms with Gasteiger partial charge in [0.15, 0.2) is 0 Å². The first-order valence-electron chi connectivity index (χ1n) is 5.97. The van der Waals surface area contributed by atoms with E-state index in [2.05, 4.69) is 9.82 Å². The maximum atomic E-state index is 12.9. The molecule has 0 atom stereocenters. The predicted octanol–water partition coefficient (Wildman–Crippen LogP) is 1.61. The number of nitrogens with one attached hydrogen (secondary N) is 1. The number of benzene rings is 1. The second kappa shape index (κ2) is 6.19. The van der Waals surface area contributed by atoms with Crippen LogP contribution in [-0.2, 0) is 16.6 Å². The number of anilines is 1. The Kier molecular flexibility index (Phi) is 4.53. The SMILES string of the molecule is O=S(=O)(Nc1cnn(CCO)c1)c1ccccc1C(F)F. The quantitative estimate of drug-likeness (QED) is 0.848. The van der Waals surface area contributed by atoms with Gasteiger partial charge in [-0.2, -0.15) is 5.10 Å². The molecule has 114 valence electrons. The lowest BCUT2D eigenvalue weighted by Gasteiger charge is -2.10. The summed E-state index contributed by atoms with van der Waals surface area (Å²) in [6.45, 7) is 0.0530. The molecule has 2 aromatic rings. The summed E-state index contributed by atoms with van der Waals surface area (Å²) in [4.78, 5) is -0.477. The van der Waals surface area contributed by atoms with Crippen LogP contribution in [0.5, 0.6) is 0 Å². The topological polar surface area (TPSA) is 84.2 Å². The Hall–Kier alpha value is -2.00. The maximum Gasteiger partial charge on any atom is 0.265 e. The Morgan fingerprint density at radius 1 is 1.33 bits per heavy atom. The molecule has 0 radical (unpaired) electrons. The average molecular weight is 317 g/mol. The Morgan fingerprint density at radius 3 is 2.71 bits per heavy atom. The van der Waals surface area contributed by atoms with Crippen molar-refractivity contribution in [2.45, 2.75) is 17.9 Å². The van der Waals surface area contributed by atoms with Crippen LogP contribution in [0.4, 0.5) is 14.5 Å². The van der Waals surface area contributed by atoms with Gasteiger partial charge in [-0.1, -0.05) is 18.2 Å². The Bertz CT molecular complexity index is 716. The number of hydrogen-bond donors (Lipinski definition) is 2. The zero-order valence-corrected chi connectivity index (χ0v) is 11.6. The molecule has 0 spiro atoms. The highest BCUT2D eigenvalue weighted by molar-refractivity contribution is 7.92. The van der Waals surface area contributed by atoms with Gasteiger partial charge in [0.25, 0.3) is 16.4 Å². The van der Waals surface area contributed by atoms with Crippen molar-refractivity contribution in [3.05, 3.63) is 42.2 Å². The molecule has 2 N–H and O–H groups in total. The first-order chi connectivity index (χ1) is 9.94. The number of alkyl halides is 2. The number of sulfonamides is 1. The van der Waals surface area contributed by atoms with Gasteiger partial charge in [-0.15, -0.1) is 0 Å². The summed E-state index contributed by atoms with van der Waals surface area (Å²) in [5.41, 5.74) is -0.430. The highest BCUT2D eigenvalue weighted by Crippen LogP contribution is 2.27. The van der Waals surface area contributed by atoms with Crippen LogP contribution >= 0.6 is 0 Å². The van der Waals surface area contributed by atoms with Gasteiger partial charge in [-0.05, 0) is 6.07 Å². The fourth-order valence-corrected chi connectivity index (χ4v) is 3.01. The minimum atomic E-state index is -4.14. The summed E-state index contributed by atoms with van der Waals surface area (Å²) >= 11 is 0. The standard InChI is InChI=1S/C12H13F2N3O3S/c13-12(14)10-3-1-2-4-11(10)21(19,20)16-9-7-15-17(8-9)5-6-18/h1-4,7-8,12,16,18H,5-6H2. The number of rotatable bonds is 6.